The van der Waals surface area contributed by atoms with Gasteiger partial charge in [0.1, 0.15) is 5.75 Å². The first-order valence-electron chi connectivity index (χ1n) is 11.0. The molecule has 0 saturated carbocycles. The summed E-state index contributed by atoms with van der Waals surface area (Å²) < 4.78 is 28.9. The molecular weight excluding hydrogens is 436 g/mol. The van der Waals surface area contributed by atoms with E-state index in [0.29, 0.717) is 55.8 Å². The Balaban J connectivity index is 1.44. The average molecular weight is 471 g/mol. The Kier molecular flexibility index (Phi) is 9.60. The quantitative estimate of drug-likeness (QED) is 0.566. The van der Waals surface area contributed by atoms with E-state index in [2.05, 4.69) is 17.0 Å². The molecule has 10 heteroatoms. The van der Waals surface area contributed by atoms with Gasteiger partial charge in [0.05, 0.1) is 6.61 Å². The highest BCUT2D eigenvalue weighted by molar-refractivity contribution is 7.85. The van der Waals surface area contributed by atoms with E-state index < -0.39 is 21.6 Å². The normalized spacial score (nSPS) is 19.2. The van der Waals surface area contributed by atoms with Crippen molar-refractivity contribution in [2.45, 2.75) is 12.8 Å². The van der Waals surface area contributed by atoms with E-state index in [1.165, 1.54) is 0 Å². The van der Waals surface area contributed by atoms with E-state index in [9.17, 15) is 13.2 Å². The number of benzene rings is 1. The third kappa shape index (κ3) is 7.47. The molecule has 1 aromatic carbocycles. The van der Waals surface area contributed by atoms with E-state index in [1.807, 2.05) is 21.9 Å². The van der Waals surface area contributed by atoms with Gasteiger partial charge in [0.15, 0.2) is 0 Å². The van der Waals surface area contributed by atoms with E-state index in [1.54, 1.807) is 0 Å². The van der Waals surface area contributed by atoms with Crippen LogP contribution in [0.1, 0.15) is 12.8 Å². The zero-order valence-corrected chi connectivity index (χ0v) is 19.7. The molecule has 1 aromatic rings. The summed E-state index contributed by atoms with van der Waals surface area (Å²) in [7, 11) is -1.63. The van der Waals surface area contributed by atoms with Gasteiger partial charge in [-0.25, -0.2) is 4.79 Å². The van der Waals surface area contributed by atoms with Crippen molar-refractivity contribution in [1.29, 1.82) is 0 Å². The third-order valence-corrected chi connectivity index (χ3v) is 8.26. The molecule has 2 amide bonds. The molecule has 2 heterocycles. The average Bonchev–Trinajstić information content (AvgIpc) is 3.04. The van der Waals surface area contributed by atoms with Crippen molar-refractivity contribution >= 4 is 33.3 Å². The Morgan fingerprint density at radius 3 is 2.42 bits per heavy atom. The number of carbonyl (C=O) groups excluding carboxylic acids is 1. The highest BCUT2D eigenvalue weighted by atomic mass is 32.2. The highest BCUT2D eigenvalue weighted by Crippen LogP contribution is 2.21. The first-order valence-corrected chi connectivity index (χ1v) is 14.0. The van der Waals surface area contributed by atoms with Crippen molar-refractivity contribution in [2.24, 2.45) is 5.73 Å². The van der Waals surface area contributed by atoms with Gasteiger partial charge in [-0.3, -0.25) is 8.42 Å². The number of anilines is 1. The summed E-state index contributed by atoms with van der Waals surface area (Å²) in [5, 5.41) is 0. The Labute approximate surface area is 190 Å². The molecule has 2 N–H and O–H groups in total. The summed E-state index contributed by atoms with van der Waals surface area (Å²) in [4.78, 5) is 18.9. The molecular formula is C21H34N4O4S2. The van der Waals surface area contributed by atoms with Crippen LogP contribution in [0.25, 0.3) is 0 Å². The Hall–Kier alpha value is -1.65. The van der Waals surface area contributed by atoms with Crippen molar-refractivity contribution in [3.05, 3.63) is 24.3 Å². The predicted octanol–water partition coefficient (Wildman–Crippen LogP) is 0.859. The molecule has 0 aromatic heterocycles. The van der Waals surface area contributed by atoms with Crippen molar-refractivity contribution in [1.82, 2.24) is 9.80 Å². The molecule has 0 radical (unpaired) electrons. The Morgan fingerprint density at radius 1 is 1.00 bits per heavy atom. The summed E-state index contributed by atoms with van der Waals surface area (Å²) in [6.07, 6.45) is 1.67. The monoisotopic (exact) mass is 470 g/mol. The topological polar surface area (TPSA) is 96.2 Å². The van der Waals surface area contributed by atoms with Gasteiger partial charge in [-0.2, -0.15) is 0 Å². The first-order chi connectivity index (χ1) is 15.1. The molecule has 0 bridgehead atoms. The van der Waals surface area contributed by atoms with Crippen molar-refractivity contribution < 1.29 is 17.9 Å². The van der Waals surface area contributed by atoms with Crippen molar-refractivity contribution in [2.75, 3.05) is 80.3 Å². The maximum Gasteiger partial charge on any atom is 0.320 e. The minimum absolute atomic E-state index is 0.0784. The molecule has 0 spiro atoms. The molecule has 8 nitrogen and oxygen atoms in total. The fourth-order valence-corrected chi connectivity index (χ4v) is 5.75. The van der Waals surface area contributed by atoms with Gasteiger partial charge < -0.3 is 25.2 Å². The lowest BCUT2D eigenvalue weighted by Crippen LogP contribution is -2.49. The number of nitrogens with two attached hydrogens (primary N) is 1. The molecule has 2 aliphatic heterocycles. The zero-order chi connectivity index (χ0) is 22.1. The number of hydrogen-bond acceptors (Lipinski definition) is 6. The zero-order valence-electron chi connectivity index (χ0n) is 18.1. The van der Waals surface area contributed by atoms with Gasteiger partial charge in [-0.1, -0.05) is 0 Å². The minimum atomic E-state index is -0.853. The summed E-state index contributed by atoms with van der Waals surface area (Å²) in [5.41, 5.74) is 6.54. The fraction of sp³-hybridized carbons (Fsp3) is 0.667. The molecule has 1 atom stereocenters. The van der Waals surface area contributed by atoms with E-state index in [-0.39, 0.29) is 6.03 Å². The lowest BCUT2D eigenvalue weighted by molar-refractivity contribution is 0.160. The molecule has 31 heavy (non-hydrogen) atoms. The second kappa shape index (κ2) is 12.4. The van der Waals surface area contributed by atoms with Gasteiger partial charge in [0.2, 0.25) is 0 Å². The Morgan fingerprint density at radius 2 is 1.71 bits per heavy atom. The van der Waals surface area contributed by atoms with Crippen LogP contribution in [-0.2, 0) is 21.6 Å². The van der Waals surface area contributed by atoms with Crippen molar-refractivity contribution in [3.63, 3.8) is 0 Å². The Bertz CT molecular complexity index is 752. The lowest BCUT2D eigenvalue weighted by Gasteiger charge is -2.32. The SMILES string of the molecule is NCCS(=O)CCCOc1ccc(N2CCCN(C(=O)N3CCS(=O)CC3)CC2)cc1. The number of urea groups is 1. The van der Waals surface area contributed by atoms with E-state index in [4.69, 9.17) is 10.5 Å². The summed E-state index contributed by atoms with van der Waals surface area (Å²) in [6, 6.07) is 8.12. The molecule has 2 saturated heterocycles. The summed E-state index contributed by atoms with van der Waals surface area (Å²) in [5.74, 6) is 3.15. The van der Waals surface area contributed by atoms with Crippen LogP contribution in [0.5, 0.6) is 5.75 Å². The van der Waals surface area contributed by atoms with Gasteiger partial charge in [-0.15, -0.1) is 0 Å². The van der Waals surface area contributed by atoms with Crippen LogP contribution in [0, 0.1) is 0 Å². The number of hydrogen-bond donors (Lipinski definition) is 1. The molecule has 0 aliphatic carbocycles. The molecule has 3 rings (SSSR count). The van der Waals surface area contributed by atoms with Crippen LogP contribution in [0.4, 0.5) is 10.5 Å². The third-order valence-electron chi connectivity index (χ3n) is 5.55. The van der Waals surface area contributed by atoms with Crippen molar-refractivity contribution in [3.8, 4) is 5.75 Å². The maximum atomic E-state index is 12.8. The first kappa shape index (κ1) is 24.0. The van der Waals surface area contributed by atoms with Crippen LogP contribution >= 0.6 is 0 Å². The van der Waals surface area contributed by atoms with E-state index >= 15 is 0 Å². The lowest BCUT2D eigenvalue weighted by atomic mass is 10.2. The predicted molar refractivity (Wildman–Crippen MR) is 127 cm³/mol. The van der Waals surface area contributed by atoms with Crippen LogP contribution in [-0.4, -0.2) is 99.7 Å². The number of nitrogens with zero attached hydrogens (tertiary/aromatic N) is 3. The van der Waals surface area contributed by atoms with Crippen LogP contribution in [0.2, 0.25) is 0 Å². The molecule has 1 unspecified atom stereocenters. The number of amides is 2. The van der Waals surface area contributed by atoms with Crippen LogP contribution in [0.15, 0.2) is 24.3 Å². The molecule has 2 aliphatic rings. The number of rotatable bonds is 8. The highest BCUT2D eigenvalue weighted by Gasteiger charge is 2.26. The smallest absolute Gasteiger partial charge is 0.320 e. The van der Waals surface area contributed by atoms with Gasteiger partial charge in [0, 0.05) is 96.1 Å². The van der Waals surface area contributed by atoms with E-state index in [0.717, 1.165) is 43.9 Å². The second-order valence-corrected chi connectivity index (χ2v) is 11.2. The largest absolute Gasteiger partial charge is 0.494 e. The van der Waals surface area contributed by atoms with Gasteiger partial charge >= 0.3 is 6.03 Å². The molecule has 174 valence electrons. The van der Waals surface area contributed by atoms with Crippen LogP contribution < -0.4 is 15.4 Å². The molecule has 2 fully saturated rings. The number of carbonyl (C=O) groups is 1. The maximum absolute atomic E-state index is 12.8. The fourth-order valence-electron chi connectivity index (χ4n) is 3.79. The van der Waals surface area contributed by atoms with Crippen LogP contribution in [0.3, 0.4) is 0 Å². The standard InChI is InChI=1S/C21H34N4O4S2/c22-7-16-30(27)15-2-14-29-20-5-3-19(4-6-20)23-8-1-9-24(11-10-23)21(26)25-12-17-31(28)18-13-25/h3-6H,1-2,7-18,22H2. The minimum Gasteiger partial charge on any atom is -0.494 e. The summed E-state index contributed by atoms with van der Waals surface area (Å²) in [6.45, 7) is 5.32. The summed E-state index contributed by atoms with van der Waals surface area (Å²) >= 11 is 0. The van der Waals surface area contributed by atoms with Gasteiger partial charge in [0.25, 0.3) is 0 Å². The second-order valence-electron chi connectivity index (χ2n) is 7.78. The van der Waals surface area contributed by atoms with Gasteiger partial charge in [-0.05, 0) is 37.1 Å². The number of ether oxygens (including phenoxy) is 1.